The fourth-order valence-corrected chi connectivity index (χ4v) is 4.43. The molecular weight excluding hydrogens is 388 g/mol. The summed E-state index contributed by atoms with van der Waals surface area (Å²) in [6.07, 6.45) is 2.46. The lowest BCUT2D eigenvalue weighted by Crippen LogP contribution is -2.56. The van der Waals surface area contributed by atoms with E-state index in [9.17, 15) is 4.79 Å². The minimum absolute atomic E-state index is 0.0343. The molecule has 0 aliphatic carbocycles. The van der Waals surface area contributed by atoms with Gasteiger partial charge in [0.15, 0.2) is 0 Å². The highest BCUT2D eigenvalue weighted by molar-refractivity contribution is 6.05. The second kappa shape index (κ2) is 7.20. The Kier molecular flexibility index (Phi) is 4.59. The third-order valence-electron chi connectivity index (χ3n) is 6.01. The summed E-state index contributed by atoms with van der Waals surface area (Å²) in [5.41, 5.74) is 4.05. The maximum absolute atomic E-state index is 13.3. The first-order chi connectivity index (χ1) is 14.8. The van der Waals surface area contributed by atoms with Crippen molar-refractivity contribution in [1.82, 2.24) is 20.2 Å². The highest BCUT2D eigenvalue weighted by Gasteiger charge is 2.46. The molecule has 1 atom stereocenters. The summed E-state index contributed by atoms with van der Waals surface area (Å²) in [5.74, 6) is 0.941. The number of para-hydroxylation sites is 1. The van der Waals surface area contributed by atoms with Crippen molar-refractivity contribution in [2.45, 2.75) is 44.8 Å². The summed E-state index contributed by atoms with van der Waals surface area (Å²) < 4.78 is 0. The quantitative estimate of drug-likeness (QED) is 0.566. The fourth-order valence-electron chi connectivity index (χ4n) is 4.43. The molecule has 160 valence electrons. The van der Waals surface area contributed by atoms with Crippen LogP contribution in [0.15, 0.2) is 53.8 Å². The second-order valence-corrected chi connectivity index (χ2v) is 9.46. The Hall–Kier alpha value is -3.19. The molecule has 2 aromatic carbocycles. The van der Waals surface area contributed by atoms with Gasteiger partial charge in [-0.3, -0.25) is 15.1 Å². The second-order valence-electron chi connectivity index (χ2n) is 9.46. The molecule has 7 heteroatoms. The van der Waals surface area contributed by atoms with Gasteiger partial charge in [0.25, 0.3) is 5.91 Å². The van der Waals surface area contributed by atoms with E-state index < -0.39 is 5.54 Å². The predicted molar refractivity (Wildman–Crippen MR) is 123 cm³/mol. The molecule has 0 bridgehead atoms. The van der Waals surface area contributed by atoms with Crippen LogP contribution in [0.5, 0.6) is 0 Å². The monoisotopic (exact) mass is 416 g/mol. The number of amides is 1. The highest BCUT2D eigenvalue weighted by Crippen LogP contribution is 2.31. The summed E-state index contributed by atoms with van der Waals surface area (Å²) in [4.78, 5) is 27.7. The molecule has 2 aliphatic heterocycles. The van der Waals surface area contributed by atoms with Crippen molar-refractivity contribution in [2.24, 2.45) is 4.99 Å². The van der Waals surface area contributed by atoms with Gasteiger partial charge in [0, 0.05) is 30.9 Å². The van der Waals surface area contributed by atoms with E-state index in [0.717, 1.165) is 35.5 Å². The van der Waals surface area contributed by atoms with E-state index in [-0.39, 0.29) is 11.4 Å². The van der Waals surface area contributed by atoms with Crippen molar-refractivity contribution < 1.29 is 4.79 Å². The van der Waals surface area contributed by atoms with Crippen molar-refractivity contribution in [1.29, 1.82) is 0 Å². The molecule has 1 spiro atoms. The topological polar surface area (TPSA) is 85.4 Å². The summed E-state index contributed by atoms with van der Waals surface area (Å²) >= 11 is 0. The molecule has 5 rings (SSSR count). The SMILES string of the molecule is CC(C)(C)N=C1Nc2ccccc2CN[C@]12CCN(C(=O)c1ccc3nc[nH]c3c1)C2. The number of hydrogen-bond donors (Lipinski definition) is 3. The number of carbonyl (C=O) groups excluding carboxylic acids is 1. The first kappa shape index (κ1) is 19.8. The van der Waals surface area contributed by atoms with Crippen molar-refractivity contribution in [2.75, 3.05) is 18.4 Å². The molecule has 1 amide bonds. The lowest BCUT2D eigenvalue weighted by Gasteiger charge is -2.32. The average molecular weight is 417 g/mol. The number of fused-ring (bicyclic) bond motifs is 2. The van der Waals surface area contributed by atoms with Gasteiger partial charge in [-0.05, 0) is 57.0 Å². The number of hydrogen-bond acceptors (Lipinski definition) is 4. The number of nitrogens with zero attached hydrogens (tertiary/aromatic N) is 3. The van der Waals surface area contributed by atoms with Crippen molar-refractivity contribution in [3.63, 3.8) is 0 Å². The largest absolute Gasteiger partial charge is 0.345 e. The van der Waals surface area contributed by atoms with Crippen molar-refractivity contribution in [3.05, 3.63) is 59.9 Å². The van der Waals surface area contributed by atoms with Crippen LogP contribution in [0.1, 0.15) is 43.1 Å². The number of rotatable bonds is 1. The van der Waals surface area contributed by atoms with Crippen LogP contribution < -0.4 is 10.6 Å². The van der Waals surface area contributed by atoms with Crippen LogP contribution in [0.4, 0.5) is 5.69 Å². The standard InChI is InChI=1S/C24H28N6O/c1-23(2,3)29-22-24(27-13-17-6-4-5-7-18(17)28-22)10-11-30(14-24)21(31)16-8-9-19-20(12-16)26-15-25-19/h4-9,12,15,27H,10-11,13-14H2,1-3H3,(H,25,26)(H,28,29)/t24-/m0/s1. The van der Waals surface area contributed by atoms with Gasteiger partial charge in [-0.1, -0.05) is 18.2 Å². The Bertz CT molecular complexity index is 1170. The first-order valence-corrected chi connectivity index (χ1v) is 10.8. The van der Waals surface area contributed by atoms with Gasteiger partial charge < -0.3 is 15.2 Å². The zero-order chi connectivity index (χ0) is 21.6. The van der Waals surface area contributed by atoms with Gasteiger partial charge >= 0.3 is 0 Å². The molecule has 1 fully saturated rings. The maximum atomic E-state index is 13.3. The molecule has 1 aromatic heterocycles. The smallest absolute Gasteiger partial charge is 0.254 e. The van der Waals surface area contributed by atoms with E-state index in [2.05, 4.69) is 59.6 Å². The summed E-state index contributed by atoms with van der Waals surface area (Å²) in [6, 6.07) is 13.9. The van der Waals surface area contributed by atoms with Crippen LogP contribution in [-0.2, 0) is 6.54 Å². The van der Waals surface area contributed by atoms with E-state index in [1.165, 1.54) is 5.56 Å². The maximum Gasteiger partial charge on any atom is 0.254 e. The lowest BCUT2D eigenvalue weighted by molar-refractivity contribution is 0.0786. The number of anilines is 1. The normalized spacial score (nSPS) is 22.5. The fraction of sp³-hybridized carbons (Fsp3) is 0.375. The van der Waals surface area contributed by atoms with E-state index in [1.54, 1.807) is 6.33 Å². The van der Waals surface area contributed by atoms with Gasteiger partial charge in [-0.2, -0.15) is 0 Å². The van der Waals surface area contributed by atoms with Crippen molar-refractivity contribution >= 4 is 28.5 Å². The molecule has 31 heavy (non-hydrogen) atoms. The van der Waals surface area contributed by atoms with Crippen LogP contribution in [0, 0.1) is 0 Å². The highest BCUT2D eigenvalue weighted by atomic mass is 16.2. The van der Waals surface area contributed by atoms with E-state index in [0.29, 0.717) is 18.7 Å². The van der Waals surface area contributed by atoms with Gasteiger partial charge in [-0.15, -0.1) is 0 Å². The number of benzene rings is 2. The van der Waals surface area contributed by atoms with Crippen LogP contribution >= 0.6 is 0 Å². The van der Waals surface area contributed by atoms with Crippen molar-refractivity contribution in [3.8, 4) is 0 Å². The Balaban J connectivity index is 1.46. The number of likely N-dealkylation sites (tertiary alicyclic amines) is 1. The van der Waals surface area contributed by atoms with Crippen LogP contribution in [0.2, 0.25) is 0 Å². The summed E-state index contributed by atoms with van der Waals surface area (Å²) in [5, 5.41) is 7.35. The van der Waals surface area contributed by atoms with Crippen LogP contribution in [0.3, 0.4) is 0 Å². The Morgan fingerprint density at radius 2 is 2.03 bits per heavy atom. The van der Waals surface area contributed by atoms with Gasteiger partial charge in [-0.25, -0.2) is 4.98 Å². The summed E-state index contributed by atoms with van der Waals surface area (Å²) in [6.45, 7) is 8.28. The number of aromatic amines is 1. The van der Waals surface area contributed by atoms with E-state index >= 15 is 0 Å². The molecule has 0 radical (unpaired) electrons. The Morgan fingerprint density at radius 1 is 1.19 bits per heavy atom. The van der Waals surface area contributed by atoms with Gasteiger partial charge in [0.1, 0.15) is 5.84 Å². The third-order valence-corrected chi connectivity index (χ3v) is 6.01. The molecular formula is C24H28N6O. The number of aromatic nitrogens is 2. The van der Waals surface area contributed by atoms with Gasteiger partial charge in [0.05, 0.1) is 28.4 Å². The Labute approximate surface area is 182 Å². The number of imidazole rings is 1. The molecule has 3 N–H and O–H groups in total. The number of aliphatic imine (C=N–C) groups is 1. The minimum atomic E-state index is -0.403. The molecule has 3 heterocycles. The molecule has 3 aromatic rings. The number of H-pyrrole nitrogens is 1. The molecule has 1 saturated heterocycles. The number of amidine groups is 1. The van der Waals surface area contributed by atoms with Crippen LogP contribution in [-0.4, -0.2) is 50.8 Å². The first-order valence-electron chi connectivity index (χ1n) is 10.8. The number of nitrogens with one attached hydrogen (secondary N) is 3. The number of carbonyl (C=O) groups is 1. The zero-order valence-electron chi connectivity index (χ0n) is 18.2. The van der Waals surface area contributed by atoms with Gasteiger partial charge in [0.2, 0.25) is 0 Å². The minimum Gasteiger partial charge on any atom is -0.345 e. The summed E-state index contributed by atoms with van der Waals surface area (Å²) in [7, 11) is 0. The van der Waals surface area contributed by atoms with E-state index in [4.69, 9.17) is 4.99 Å². The Morgan fingerprint density at radius 3 is 2.87 bits per heavy atom. The van der Waals surface area contributed by atoms with E-state index in [1.807, 2.05) is 29.2 Å². The molecule has 0 unspecified atom stereocenters. The van der Waals surface area contributed by atoms with Crippen LogP contribution in [0.25, 0.3) is 11.0 Å². The predicted octanol–water partition coefficient (Wildman–Crippen LogP) is 3.56. The zero-order valence-corrected chi connectivity index (χ0v) is 18.2. The average Bonchev–Trinajstić information content (AvgIpc) is 3.35. The molecule has 0 saturated carbocycles. The third kappa shape index (κ3) is 3.70. The lowest BCUT2D eigenvalue weighted by atomic mass is 9.95. The molecule has 7 nitrogen and oxygen atoms in total. The molecule has 2 aliphatic rings.